The molecule has 0 bridgehead atoms. The van der Waals surface area contributed by atoms with Crippen LogP contribution in [-0.4, -0.2) is 36.1 Å². The zero-order valence-corrected chi connectivity index (χ0v) is 19.3. The number of ether oxygens (including phenoxy) is 2. The van der Waals surface area contributed by atoms with E-state index in [-0.39, 0.29) is 11.7 Å². The molecule has 10 heteroatoms. The van der Waals surface area contributed by atoms with Gasteiger partial charge in [0, 0.05) is 11.8 Å². The quantitative estimate of drug-likeness (QED) is 0.437. The van der Waals surface area contributed by atoms with E-state index in [1.165, 1.54) is 48.4 Å². The third kappa shape index (κ3) is 5.56. The number of aromatic nitrogens is 2. The third-order valence-electron chi connectivity index (χ3n) is 4.24. The van der Waals surface area contributed by atoms with Crippen molar-refractivity contribution in [1.82, 2.24) is 10.2 Å². The van der Waals surface area contributed by atoms with Crippen LogP contribution < -0.4 is 20.1 Å². The summed E-state index contributed by atoms with van der Waals surface area (Å²) in [6.07, 6.45) is 0. The fraction of sp³-hybridized carbons (Fsp3) is 0.250. The van der Waals surface area contributed by atoms with Crippen LogP contribution in [0.25, 0.3) is 0 Å². The maximum absolute atomic E-state index is 12.4. The highest BCUT2D eigenvalue weighted by molar-refractivity contribution is 8.01. The molecule has 1 amide bonds. The molecule has 1 aromatic heterocycles. The highest BCUT2D eigenvalue weighted by Crippen LogP contribution is 2.36. The van der Waals surface area contributed by atoms with Gasteiger partial charge in [0.05, 0.1) is 30.7 Å². The molecular formula is C20H21ClN4O3S2. The average molecular weight is 465 g/mol. The molecule has 0 radical (unpaired) electrons. The van der Waals surface area contributed by atoms with Crippen LogP contribution in [0.15, 0.2) is 34.7 Å². The predicted molar refractivity (Wildman–Crippen MR) is 123 cm³/mol. The Hall–Kier alpha value is -2.49. The van der Waals surface area contributed by atoms with Crippen LogP contribution in [0, 0.1) is 13.8 Å². The van der Waals surface area contributed by atoms with Gasteiger partial charge < -0.3 is 20.1 Å². The molecule has 3 aromatic rings. The first-order chi connectivity index (χ1) is 14.4. The number of carbonyl (C=O) groups is 1. The number of thioether (sulfide) groups is 1. The van der Waals surface area contributed by atoms with E-state index in [0.717, 1.165) is 5.69 Å². The molecule has 2 N–H and O–H groups in total. The van der Waals surface area contributed by atoms with Gasteiger partial charge in [-0.2, -0.15) is 0 Å². The van der Waals surface area contributed by atoms with E-state index >= 15 is 0 Å². The maximum atomic E-state index is 12.4. The molecule has 0 unspecified atom stereocenters. The Bertz CT molecular complexity index is 1060. The molecule has 0 aliphatic carbocycles. The van der Waals surface area contributed by atoms with Crippen LogP contribution in [0.3, 0.4) is 0 Å². The van der Waals surface area contributed by atoms with E-state index in [1.54, 1.807) is 12.1 Å². The van der Waals surface area contributed by atoms with Gasteiger partial charge in [-0.05, 0) is 43.2 Å². The van der Waals surface area contributed by atoms with Gasteiger partial charge >= 0.3 is 0 Å². The number of methoxy groups -OCH3 is 2. The fourth-order valence-electron chi connectivity index (χ4n) is 2.53. The van der Waals surface area contributed by atoms with Crippen LogP contribution >= 0.6 is 34.7 Å². The summed E-state index contributed by atoms with van der Waals surface area (Å²) in [4.78, 5) is 12.4. The number of hydrogen-bond acceptors (Lipinski definition) is 8. The Morgan fingerprint density at radius 1 is 1.10 bits per heavy atom. The van der Waals surface area contributed by atoms with Crippen molar-refractivity contribution in [3.8, 4) is 11.5 Å². The Kier molecular flexibility index (Phi) is 7.41. The van der Waals surface area contributed by atoms with Crippen molar-refractivity contribution in [2.24, 2.45) is 0 Å². The summed E-state index contributed by atoms with van der Waals surface area (Å²) in [5.74, 6) is 0.896. The fourth-order valence-corrected chi connectivity index (χ4v) is 4.35. The average Bonchev–Trinajstić information content (AvgIpc) is 3.17. The number of amides is 1. The lowest BCUT2D eigenvalue weighted by atomic mass is 10.1. The lowest BCUT2D eigenvalue weighted by molar-refractivity contribution is -0.113. The van der Waals surface area contributed by atoms with Gasteiger partial charge in [-0.1, -0.05) is 40.8 Å². The van der Waals surface area contributed by atoms with E-state index < -0.39 is 0 Å². The van der Waals surface area contributed by atoms with Crippen LogP contribution in [0.2, 0.25) is 5.02 Å². The zero-order valence-electron chi connectivity index (χ0n) is 16.9. The number of halogens is 1. The molecule has 0 saturated heterocycles. The van der Waals surface area contributed by atoms with Crippen molar-refractivity contribution < 1.29 is 14.3 Å². The number of nitrogens with zero attached hydrogens (tertiary/aromatic N) is 2. The summed E-state index contributed by atoms with van der Waals surface area (Å²) in [5.41, 5.74) is 3.86. The molecule has 0 aliphatic heterocycles. The molecule has 1 heterocycles. The molecule has 0 aliphatic rings. The molecule has 0 spiro atoms. The first-order valence-electron chi connectivity index (χ1n) is 8.91. The van der Waals surface area contributed by atoms with Gasteiger partial charge in [0.25, 0.3) is 0 Å². The maximum Gasteiger partial charge on any atom is 0.234 e. The summed E-state index contributed by atoms with van der Waals surface area (Å²) in [6, 6.07) is 9.33. The van der Waals surface area contributed by atoms with Crippen molar-refractivity contribution in [2.75, 3.05) is 30.6 Å². The van der Waals surface area contributed by atoms with Crippen LogP contribution in [0.4, 0.5) is 16.5 Å². The molecule has 7 nitrogen and oxygen atoms in total. The van der Waals surface area contributed by atoms with E-state index in [4.69, 9.17) is 21.1 Å². The highest BCUT2D eigenvalue weighted by Gasteiger charge is 2.14. The SMILES string of the molecule is COc1cc(OC)c(NC(=O)CSc2nnc(Nc3ccc(C)c(C)c3)s2)cc1Cl. The second-order valence-corrected chi connectivity index (χ2v) is 8.93. The van der Waals surface area contributed by atoms with E-state index in [9.17, 15) is 4.79 Å². The number of nitrogens with one attached hydrogen (secondary N) is 2. The second-order valence-electron chi connectivity index (χ2n) is 6.32. The monoisotopic (exact) mass is 464 g/mol. The molecule has 0 fully saturated rings. The van der Waals surface area contributed by atoms with Gasteiger partial charge in [-0.3, -0.25) is 4.79 Å². The Morgan fingerprint density at radius 3 is 2.57 bits per heavy atom. The van der Waals surface area contributed by atoms with Crippen LogP contribution in [0.5, 0.6) is 11.5 Å². The van der Waals surface area contributed by atoms with Gasteiger partial charge in [0.2, 0.25) is 11.0 Å². The lowest BCUT2D eigenvalue weighted by Crippen LogP contribution is -2.14. The van der Waals surface area contributed by atoms with Crippen LogP contribution in [0.1, 0.15) is 11.1 Å². The Labute approximate surface area is 188 Å². The first-order valence-corrected chi connectivity index (χ1v) is 11.1. The number of aryl methyl sites for hydroxylation is 2. The summed E-state index contributed by atoms with van der Waals surface area (Å²) in [7, 11) is 3.03. The van der Waals surface area contributed by atoms with Gasteiger partial charge in [-0.25, -0.2) is 0 Å². The topological polar surface area (TPSA) is 85.4 Å². The minimum atomic E-state index is -0.210. The Balaban J connectivity index is 1.58. The summed E-state index contributed by atoms with van der Waals surface area (Å²) < 4.78 is 11.1. The van der Waals surface area contributed by atoms with Crippen molar-refractivity contribution in [3.05, 3.63) is 46.5 Å². The lowest BCUT2D eigenvalue weighted by Gasteiger charge is -2.12. The molecule has 3 rings (SSSR count). The van der Waals surface area contributed by atoms with E-state index in [0.29, 0.717) is 31.7 Å². The number of carbonyl (C=O) groups excluding carboxylic acids is 1. The van der Waals surface area contributed by atoms with Crippen molar-refractivity contribution in [3.63, 3.8) is 0 Å². The van der Waals surface area contributed by atoms with E-state index in [1.807, 2.05) is 6.07 Å². The van der Waals surface area contributed by atoms with Crippen molar-refractivity contribution in [1.29, 1.82) is 0 Å². The zero-order chi connectivity index (χ0) is 21.7. The molecule has 158 valence electrons. The number of hydrogen-bond donors (Lipinski definition) is 2. The minimum Gasteiger partial charge on any atom is -0.495 e. The van der Waals surface area contributed by atoms with Crippen LogP contribution in [-0.2, 0) is 4.79 Å². The minimum absolute atomic E-state index is 0.172. The summed E-state index contributed by atoms with van der Waals surface area (Å²) >= 11 is 8.83. The second kappa shape index (κ2) is 10.0. The summed E-state index contributed by atoms with van der Waals surface area (Å²) in [5, 5.41) is 15.4. The number of benzene rings is 2. The standard InChI is InChI=1S/C20H21ClN4O3S2/c1-11-5-6-13(7-12(11)2)22-19-24-25-20(30-19)29-10-18(26)23-15-8-14(21)16(27-3)9-17(15)28-4/h5-9H,10H2,1-4H3,(H,22,24)(H,23,26). The predicted octanol–water partition coefficient (Wildman–Crippen LogP) is 5.30. The smallest absolute Gasteiger partial charge is 0.234 e. The van der Waals surface area contributed by atoms with Crippen molar-refractivity contribution >= 4 is 57.1 Å². The highest BCUT2D eigenvalue weighted by atomic mass is 35.5. The Morgan fingerprint density at radius 2 is 1.87 bits per heavy atom. The largest absolute Gasteiger partial charge is 0.495 e. The normalized spacial score (nSPS) is 10.6. The van der Waals surface area contributed by atoms with Gasteiger partial charge in [0.1, 0.15) is 11.5 Å². The number of anilines is 3. The summed E-state index contributed by atoms with van der Waals surface area (Å²) in [6.45, 7) is 4.13. The molecule has 2 aromatic carbocycles. The van der Waals surface area contributed by atoms with Crippen molar-refractivity contribution in [2.45, 2.75) is 18.2 Å². The van der Waals surface area contributed by atoms with Gasteiger partial charge in [0.15, 0.2) is 4.34 Å². The first kappa shape index (κ1) is 22.2. The molecule has 0 atom stereocenters. The molecule has 0 saturated carbocycles. The number of rotatable bonds is 8. The molecular weight excluding hydrogens is 444 g/mol. The van der Waals surface area contributed by atoms with E-state index in [2.05, 4.69) is 46.8 Å². The van der Waals surface area contributed by atoms with Gasteiger partial charge in [-0.15, -0.1) is 10.2 Å². The molecule has 30 heavy (non-hydrogen) atoms. The third-order valence-corrected chi connectivity index (χ3v) is 6.51.